The number of hydrogen-bond acceptors (Lipinski definition) is 4. The molecule has 1 saturated heterocycles. The van der Waals surface area contributed by atoms with Gasteiger partial charge in [0.1, 0.15) is 11.5 Å². The van der Waals surface area contributed by atoms with E-state index in [0.29, 0.717) is 9.89 Å². The monoisotopic (exact) mass is 278 g/mol. The number of rotatable bonds is 3. The molecule has 1 aliphatic heterocycles. The fraction of sp³-hybridized carbons (Fsp3) is 0.0833. The molecule has 1 fully saturated rings. The molecule has 0 unspecified atom stereocenters. The Balaban J connectivity index is 2.23. The molecule has 0 saturated carbocycles. The second kappa shape index (κ2) is 5.32. The van der Waals surface area contributed by atoms with Gasteiger partial charge < -0.3 is 5.73 Å². The maximum atomic E-state index is 11.7. The van der Waals surface area contributed by atoms with Gasteiger partial charge in [0, 0.05) is 0 Å². The number of primary amides is 1. The van der Waals surface area contributed by atoms with Crippen molar-refractivity contribution in [3.05, 3.63) is 40.8 Å². The Bertz CT molecular complexity index is 540. The molecule has 0 bridgehead atoms. The predicted octanol–water partition coefficient (Wildman–Crippen LogP) is 2.01. The van der Waals surface area contributed by atoms with Gasteiger partial charge in [0.15, 0.2) is 0 Å². The summed E-state index contributed by atoms with van der Waals surface area (Å²) in [7, 11) is 0. The van der Waals surface area contributed by atoms with Crippen molar-refractivity contribution < 1.29 is 9.59 Å². The summed E-state index contributed by atoms with van der Waals surface area (Å²) in [5, 5.41) is -0.263. The van der Waals surface area contributed by atoms with Gasteiger partial charge in [-0.05, 0) is 23.4 Å². The Labute approximate surface area is 114 Å². The molecule has 1 aliphatic rings. The summed E-state index contributed by atoms with van der Waals surface area (Å²) in [4.78, 5) is 24.8. The molecule has 0 atom stereocenters. The molecule has 0 radical (unpaired) electrons. The first-order valence-electron chi connectivity index (χ1n) is 5.16. The molecule has 2 N–H and O–H groups in total. The van der Waals surface area contributed by atoms with Crippen molar-refractivity contribution in [1.29, 1.82) is 0 Å². The van der Waals surface area contributed by atoms with Crippen LogP contribution in [0.25, 0.3) is 6.08 Å². The number of carbonyl (C=O) groups excluding carboxylic acids is 2. The quantitative estimate of drug-likeness (QED) is 0.678. The third kappa shape index (κ3) is 2.77. The van der Waals surface area contributed by atoms with Crippen LogP contribution in [0.3, 0.4) is 0 Å². The predicted molar refractivity (Wildman–Crippen MR) is 75.9 cm³/mol. The summed E-state index contributed by atoms with van der Waals surface area (Å²) < 4.78 is 0. The molecule has 2 amide bonds. The number of thioether (sulfide) groups is 1. The summed E-state index contributed by atoms with van der Waals surface area (Å²) >= 11 is 6.18. The van der Waals surface area contributed by atoms with Crippen molar-refractivity contribution in [3.63, 3.8) is 0 Å². The van der Waals surface area contributed by atoms with Gasteiger partial charge in [-0.25, -0.2) is 0 Å². The van der Waals surface area contributed by atoms with Gasteiger partial charge in [-0.1, -0.05) is 42.5 Å². The minimum atomic E-state index is -0.577. The van der Waals surface area contributed by atoms with E-state index >= 15 is 0 Å². The Kier molecular flexibility index (Phi) is 3.78. The van der Waals surface area contributed by atoms with Crippen LogP contribution in [0, 0.1) is 0 Å². The lowest BCUT2D eigenvalue weighted by atomic mass is 10.2. The average molecular weight is 278 g/mol. The SMILES string of the molecule is NC(=O)CN1C(=O)S/C(=C/c2ccccc2)C1=S. The molecular weight excluding hydrogens is 268 g/mol. The zero-order valence-electron chi connectivity index (χ0n) is 9.33. The highest BCUT2D eigenvalue weighted by Gasteiger charge is 2.32. The van der Waals surface area contributed by atoms with Gasteiger partial charge >= 0.3 is 0 Å². The zero-order valence-corrected chi connectivity index (χ0v) is 11.0. The highest BCUT2D eigenvalue weighted by Crippen LogP contribution is 2.32. The minimum Gasteiger partial charge on any atom is -0.368 e. The van der Waals surface area contributed by atoms with E-state index in [1.807, 2.05) is 36.4 Å². The number of benzene rings is 1. The van der Waals surface area contributed by atoms with Crippen molar-refractivity contribution in [3.8, 4) is 0 Å². The first-order chi connectivity index (χ1) is 8.58. The topological polar surface area (TPSA) is 63.4 Å². The minimum absolute atomic E-state index is 0.170. The highest BCUT2D eigenvalue weighted by atomic mass is 32.2. The molecule has 6 heteroatoms. The van der Waals surface area contributed by atoms with Gasteiger partial charge in [-0.2, -0.15) is 0 Å². The summed E-state index contributed by atoms with van der Waals surface area (Å²) in [6, 6.07) is 9.54. The number of thiocarbonyl (C=S) groups is 1. The first kappa shape index (κ1) is 12.8. The fourth-order valence-corrected chi connectivity index (χ4v) is 2.73. The van der Waals surface area contributed by atoms with Crippen LogP contribution < -0.4 is 5.73 Å². The fourth-order valence-electron chi connectivity index (χ4n) is 1.49. The lowest BCUT2D eigenvalue weighted by Crippen LogP contribution is -2.35. The normalized spacial score (nSPS) is 17.6. The van der Waals surface area contributed by atoms with Crippen LogP contribution in [-0.4, -0.2) is 27.6 Å². The summed E-state index contributed by atoms with van der Waals surface area (Å²) in [5.74, 6) is -0.577. The van der Waals surface area contributed by atoms with Gasteiger partial charge in [-0.15, -0.1) is 0 Å². The van der Waals surface area contributed by atoms with Crippen molar-refractivity contribution in [1.82, 2.24) is 4.90 Å². The molecule has 0 aliphatic carbocycles. The van der Waals surface area contributed by atoms with Gasteiger partial charge in [-0.3, -0.25) is 14.5 Å². The molecule has 1 aromatic rings. The van der Waals surface area contributed by atoms with E-state index in [4.69, 9.17) is 18.0 Å². The molecule has 18 heavy (non-hydrogen) atoms. The Morgan fingerprint density at radius 2 is 2.06 bits per heavy atom. The number of nitrogens with zero attached hydrogens (tertiary/aromatic N) is 1. The third-order valence-corrected chi connectivity index (χ3v) is 3.78. The number of nitrogens with two attached hydrogens (primary N) is 1. The smallest absolute Gasteiger partial charge is 0.292 e. The second-order valence-electron chi connectivity index (χ2n) is 3.64. The standard InChI is InChI=1S/C12H10N2O2S2/c13-10(15)7-14-11(17)9(18-12(14)16)6-8-4-2-1-3-5-8/h1-6H,7H2,(H2,13,15)/b9-6+. The zero-order chi connectivity index (χ0) is 13.1. The van der Waals surface area contributed by atoms with E-state index < -0.39 is 5.91 Å². The van der Waals surface area contributed by atoms with Crippen molar-refractivity contribution in [2.75, 3.05) is 6.54 Å². The Hall–Kier alpha value is -1.66. The maximum Gasteiger partial charge on any atom is 0.292 e. The summed E-state index contributed by atoms with van der Waals surface area (Å²) in [6.07, 6.45) is 1.83. The number of hydrogen-bond donors (Lipinski definition) is 1. The lowest BCUT2D eigenvalue weighted by molar-refractivity contribution is -0.117. The van der Waals surface area contributed by atoms with Crippen molar-refractivity contribution in [2.24, 2.45) is 5.73 Å². The van der Waals surface area contributed by atoms with Crippen LogP contribution in [-0.2, 0) is 4.79 Å². The van der Waals surface area contributed by atoms with Gasteiger partial charge in [0.05, 0.1) is 4.91 Å². The van der Waals surface area contributed by atoms with Crippen LogP contribution in [0.2, 0.25) is 0 Å². The van der Waals surface area contributed by atoms with Crippen LogP contribution in [0.15, 0.2) is 35.2 Å². The highest BCUT2D eigenvalue weighted by molar-refractivity contribution is 8.19. The molecule has 4 nitrogen and oxygen atoms in total. The summed E-state index contributed by atoms with van der Waals surface area (Å²) in [5.41, 5.74) is 6.03. The van der Waals surface area contributed by atoms with E-state index in [1.54, 1.807) is 0 Å². The number of carbonyl (C=O) groups is 2. The van der Waals surface area contributed by atoms with Crippen LogP contribution in [0.4, 0.5) is 4.79 Å². The van der Waals surface area contributed by atoms with Gasteiger partial charge in [0.25, 0.3) is 5.24 Å². The second-order valence-corrected chi connectivity index (χ2v) is 5.02. The summed E-state index contributed by atoms with van der Waals surface area (Å²) in [6.45, 7) is -0.170. The molecule has 0 aromatic heterocycles. The molecule has 1 heterocycles. The Morgan fingerprint density at radius 1 is 1.39 bits per heavy atom. The van der Waals surface area contributed by atoms with E-state index in [9.17, 15) is 9.59 Å². The maximum absolute atomic E-state index is 11.7. The third-order valence-electron chi connectivity index (χ3n) is 2.28. The van der Waals surface area contributed by atoms with E-state index in [1.165, 1.54) is 4.90 Å². The average Bonchev–Trinajstić information content (AvgIpc) is 2.58. The molecule has 92 valence electrons. The van der Waals surface area contributed by atoms with Crippen LogP contribution in [0.1, 0.15) is 5.56 Å². The van der Waals surface area contributed by atoms with E-state index in [0.717, 1.165) is 17.3 Å². The molecule has 2 rings (SSSR count). The van der Waals surface area contributed by atoms with Crippen molar-refractivity contribution >= 4 is 46.2 Å². The molecule has 0 spiro atoms. The Morgan fingerprint density at radius 3 is 2.67 bits per heavy atom. The van der Waals surface area contributed by atoms with Gasteiger partial charge in [0.2, 0.25) is 5.91 Å². The van der Waals surface area contributed by atoms with Crippen LogP contribution >= 0.6 is 24.0 Å². The molecule has 1 aromatic carbocycles. The lowest BCUT2D eigenvalue weighted by Gasteiger charge is -2.11. The van der Waals surface area contributed by atoms with E-state index in [2.05, 4.69) is 0 Å². The number of amides is 2. The molecular formula is C12H10N2O2S2. The van der Waals surface area contributed by atoms with Crippen molar-refractivity contribution in [2.45, 2.75) is 0 Å². The largest absolute Gasteiger partial charge is 0.368 e. The first-order valence-corrected chi connectivity index (χ1v) is 6.39. The van der Waals surface area contributed by atoms with E-state index in [-0.39, 0.29) is 11.8 Å². The van der Waals surface area contributed by atoms with Crippen LogP contribution in [0.5, 0.6) is 0 Å².